The van der Waals surface area contributed by atoms with Crippen molar-refractivity contribution in [2.24, 2.45) is 0 Å². The first kappa shape index (κ1) is 33.7. The minimum Gasteiger partial charge on any atom is -0.507 e. The van der Waals surface area contributed by atoms with Crippen molar-refractivity contribution >= 4 is 47.7 Å². The van der Waals surface area contributed by atoms with E-state index in [0.717, 1.165) is 32.9 Å². The number of phenolic OH excluding ortho intramolecular Hbond substituents is 2. The number of hydrogen-bond acceptors (Lipinski definition) is 2. The first-order valence-electron chi connectivity index (χ1n) is 16.5. The highest BCUT2D eigenvalue weighted by molar-refractivity contribution is 7.81. The van der Waals surface area contributed by atoms with Crippen molar-refractivity contribution in [2.75, 3.05) is 0 Å². The molecule has 0 radical (unpaired) electrons. The van der Waals surface area contributed by atoms with Crippen LogP contribution in [0.2, 0.25) is 0 Å². The van der Waals surface area contributed by atoms with Gasteiger partial charge in [0.2, 0.25) is 0 Å². The molecular weight excluding hydrogens is 622 g/mol. The van der Waals surface area contributed by atoms with E-state index < -0.39 is 15.8 Å². The lowest BCUT2D eigenvalue weighted by molar-refractivity contribution is 0.450. The number of rotatable bonds is 7. The molecule has 0 saturated carbocycles. The summed E-state index contributed by atoms with van der Waals surface area (Å²) in [5.74, 6) is 0.747. The highest BCUT2D eigenvalue weighted by Gasteiger charge is 2.30. The lowest BCUT2D eigenvalue weighted by Crippen LogP contribution is -2.27. The molecule has 0 bridgehead atoms. The van der Waals surface area contributed by atoms with Crippen LogP contribution in [0.4, 0.5) is 0 Å². The average Bonchev–Trinajstić information content (AvgIpc) is 3.07. The number of hydrogen-bond donors (Lipinski definition) is 2. The molecular formula is C44H44O2P2. The summed E-state index contributed by atoms with van der Waals surface area (Å²) in [5, 5.41) is 30.5. The smallest absolute Gasteiger partial charge is 0.127 e. The van der Waals surface area contributed by atoms with E-state index in [4.69, 9.17) is 0 Å². The monoisotopic (exact) mass is 666 g/mol. The standard InChI is InChI=1S/C44H44O2P2/c1-43(2,3)35-25-17-29-39(41(35)45)47(31-19-9-7-10-20-31)37-27-15-13-23-33(37)34-24-14-16-28-38(34)48(32-21-11-8-12-22-32)40-30-18-26-36(42(40)46)44(4,5)6/h7-30,45-46H,1-6H3. The Labute approximate surface area is 288 Å². The van der Waals surface area contributed by atoms with E-state index in [9.17, 15) is 10.2 Å². The van der Waals surface area contributed by atoms with E-state index >= 15 is 0 Å². The van der Waals surface area contributed by atoms with Gasteiger partial charge in [0.05, 0.1) is 0 Å². The minimum absolute atomic E-state index is 0.209. The summed E-state index contributed by atoms with van der Waals surface area (Å²) in [7, 11) is -2.27. The van der Waals surface area contributed by atoms with E-state index in [2.05, 4.69) is 175 Å². The van der Waals surface area contributed by atoms with Crippen molar-refractivity contribution in [2.45, 2.75) is 52.4 Å². The molecule has 0 saturated heterocycles. The molecule has 0 spiro atoms. The molecule has 6 rings (SSSR count). The molecule has 0 aliphatic heterocycles. The minimum atomic E-state index is -1.13. The van der Waals surface area contributed by atoms with Gasteiger partial charge in [0.25, 0.3) is 0 Å². The Bertz CT molecular complexity index is 1870. The molecule has 2 nitrogen and oxygen atoms in total. The summed E-state index contributed by atoms with van der Waals surface area (Å²) < 4.78 is 0. The molecule has 2 unspecified atom stereocenters. The fraction of sp³-hybridized carbons (Fsp3) is 0.182. The van der Waals surface area contributed by atoms with Gasteiger partial charge < -0.3 is 10.2 Å². The quantitative estimate of drug-likeness (QED) is 0.167. The van der Waals surface area contributed by atoms with Crippen LogP contribution in [-0.2, 0) is 10.8 Å². The molecule has 0 aliphatic carbocycles. The molecule has 2 N–H and O–H groups in total. The van der Waals surface area contributed by atoms with Gasteiger partial charge >= 0.3 is 0 Å². The van der Waals surface area contributed by atoms with Gasteiger partial charge in [-0.2, -0.15) is 0 Å². The van der Waals surface area contributed by atoms with Crippen molar-refractivity contribution < 1.29 is 10.2 Å². The summed E-state index contributed by atoms with van der Waals surface area (Å²) in [4.78, 5) is 0. The van der Waals surface area contributed by atoms with Crippen LogP contribution in [0, 0.1) is 0 Å². The van der Waals surface area contributed by atoms with Crippen LogP contribution < -0.4 is 31.8 Å². The predicted octanol–water partition coefficient (Wildman–Crippen LogP) is 8.88. The zero-order valence-corrected chi connectivity index (χ0v) is 30.4. The third kappa shape index (κ3) is 6.71. The molecule has 0 aliphatic rings. The van der Waals surface area contributed by atoms with Gasteiger partial charge in [-0.1, -0.05) is 187 Å². The van der Waals surface area contributed by atoms with E-state index in [1.807, 2.05) is 12.1 Å². The van der Waals surface area contributed by atoms with E-state index in [1.165, 1.54) is 21.2 Å². The van der Waals surface area contributed by atoms with Crippen LogP contribution in [0.15, 0.2) is 146 Å². The van der Waals surface area contributed by atoms with Gasteiger partial charge in [-0.15, -0.1) is 0 Å². The summed E-state index contributed by atoms with van der Waals surface area (Å²) >= 11 is 0. The second-order valence-corrected chi connectivity index (χ2v) is 18.5. The Morgan fingerprint density at radius 1 is 0.354 bits per heavy atom. The molecule has 0 fully saturated rings. The predicted molar refractivity (Wildman–Crippen MR) is 210 cm³/mol. The van der Waals surface area contributed by atoms with Crippen molar-refractivity contribution in [1.29, 1.82) is 0 Å². The number of benzene rings is 6. The van der Waals surface area contributed by atoms with Gasteiger partial charge in [-0.05, 0) is 70.1 Å². The second kappa shape index (κ2) is 13.7. The van der Waals surface area contributed by atoms with E-state index in [1.54, 1.807) is 0 Å². The lowest BCUT2D eigenvalue weighted by atomic mass is 9.86. The van der Waals surface area contributed by atoms with Crippen LogP contribution in [0.1, 0.15) is 52.7 Å². The third-order valence-electron chi connectivity index (χ3n) is 8.74. The molecule has 0 heterocycles. The molecule has 242 valence electrons. The molecule has 6 aromatic rings. The maximum atomic E-state index is 11.9. The summed E-state index contributed by atoms with van der Waals surface area (Å²) in [6.45, 7) is 12.9. The maximum Gasteiger partial charge on any atom is 0.127 e. The topological polar surface area (TPSA) is 40.5 Å². The van der Waals surface area contributed by atoms with Crippen molar-refractivity contribution in [3.05, 3.63) is 157 Å². The largest absolute Gasteiger partial charge is 0.507 e. The van der Waals surface area contributed by atoms with Gasteiger partial charge in [0, 0.05) is 10.6 Å². The fourth-order valence-corrected chi connectivity index (χ4v) is 11.4. The van der Waals surface area contributed by atoms with Crippen LogP contribution in [0.25, 0.3) is 11.1 Å². The summed E-state index contributed by atoms with van der Waals surface area (Å²) in [5.41, 5.74) is 3.75. The second-order valence-electron chi connectivity index (χ2n) is 14.2. The van der Waals surface area contributed by atoms with Gasteiger partial charge in [-0.25, -0.2) is 0 Å². The lowest BCUT2D eigenvalue weighted by Gasteiger charge is -2.29. The highest BCUT2D eigenvalue weighted by atomic mass is 31.1. The Balaban J connectivity index is 1.63. The molecule has 0 amide bonds. The highest BCUT2D eigenvalue weighted by Crippen LogP contribution is 2.45. The maximum absolute atomic E-state index is 11.9. The first-order chi connectivity index (χ1) is 23.0. The SMILES string of the molecule is CC(C)(C)c1cccc(P(c2ccccc2)c2ccccc2-c2ccccc2P(c2ccccc2)c2cccc(C(C)(C)C)c2O)c1O. The molecule has 4 heteroatoms. The Kier molecular flexibility index (Phi) is 9.62. The molecule has 6 aromatic carbocycles. The van der Waals surface area contributed by atoms with Gasteiger partial charge in [0.1, 0.15) is 11.5 Å². The first-order valence-corrected chi connectivity index (χ1v) is 19.2. The Morgan fingerprint density at radius 3 is 1.02 bits per heavy atom. The van der Waals surface area contributed by atoms with Crippen LogP contribution in [0.5, 0.6) is 11.5 Å². The fourth-order valence-electron chi connectivity index (χ4n) is 6.40. The molecule has 0 aromatic heterocycles. The number of phenols is 2. The zero-order chi connectivity index (χ0) is 34.1. The van der Waals surface area contributed by atoms with Crippen LogP contribution >= 0.6 is 15.8 Å². The third-order valence-corrected chi connectivity index (χ3v) is 13.8. The van der Waals surface area contributed by atoms with Crippen LogP contribution in [-0.4, -0.2) is 10.2 Å². The van der Waals surface area contributed by atoms with Gasteiger partial charge in [-0.3, -0.25) is 0 Å². The van der Waals surface area contributed by atoms with E-state index in [-0.39, 0.29) is 10.8 Å². The average molecular weight is 667 g/mol. The van der Waals surface area contributed by atoms with Crippen molar-refractivity contribution in [3.63, 3.8) is 0 Å². The van der Waals surface area contributed by atoms with Gasteiger partial charge in [0.15, 0.2) is 0 Å². The Hall–Kier alpha value is -4.22. The molecule has 48 heavy (non-hydrogen) atoms. The summed E-state index contributed by atoms with van der Waals surface area (Å²) in [6, 6.07) is 51.0. The Morgan fingerprint density at radius 2 is 0.667 bits per heavy atom. The zero-order valence-electron chi connectivity index (χ0n) is 28.6. The normalized spacial score (nSPS) is 13.2. The van der Waals surface area contributed by atoms with Crippen molar-refractivity contribution in [3.8, 4) is 22.6 Å². The number of aromatic hydroxyl groups is 2. The van der Waals surface area contributed by atoms with E-state index in [0.29, 0.717) is 11.5 Å². The summed E-state index contributed by atoms with van der Waals surface area (Å²) in [6.07, 6.45) is 0. The number of para-hydroxylation sites is 2. The van der Waals surface area contributed by atoms with Crippen LogP contribution in [0.3, 0.4) is 0 Å². The molecule has 2 atom stereocenters. The van der Waals surface area contributed by atoms with Crippen molar-refractivity contribution in [1.82, 2.24) is 0 Å².